The number of morpholine rings is 1. The molecule has 0 aliphatic carbocycles. The highest BCUT2D eigenvalue weighted by Crippen LogP contribution is 2.31. The summed E-state index contributed by atoms with van der Waals surface area (Å²) in [5.74, 6) is -0.0190. The van der Waals surface area contributed by atoms with Crippen LogP contribution in [0.4, 0.5) is 0 Å². The van der Waals surface area contributed by atoms with E-state index in [0.717, 1.165) is 31.4 Å². The van der Waals surface area contributed by atoms with Gasteiger partial charge in [0.25, 0.3) is 11.8 Å². The average Bonchev–Trinajstić information content (AvgIpc) is 3.12. The Morgan fingerprint density at radius 3 is 2.65 bits per heavy atom. The third kappa shape index (κ3) is 3.82. The van der Waals surface area contributed by atoms with E-state index in [-0.39, 0.29) is 29.9 Å². The van der Waals surface area contributed by atoms with Crippen molar-refractivity contribution in [2.45, 2.75) is 56.5 Å². The van der Waals surface area contributed by atoms with E-state index in [0.29, 0.717) is 43.9 Å². The lowest BCUT2D eigenvalue weighted by Gasteiger charge is -2.36. The van der Waals surface area contributed by atoms with E-state index < -0.39 is 6.10 Å². The number of nitrogens with one attached hydrogen (secondary N) is 1. The van der Waals surface area contributed by atoms with Crippen molar-refractivity contribution in [1.29, 1.82) is 0 Å². The summed E-state index contributed by atoms with van der Waals surface area (Å²) in [5, 5.41) is 14.3. The molecule has 2 fully saturated rings. The smallest absolute Gasteiger partial charge is 0.254 e. The molecule has 178 valence electrons. The minimum Gasteiger partial charge on any atom is -0.390 e. The Morgan fingerprint density at radius 2 is 1.85 bits per heavy atom. The molecule has 4 heterocycles. The molecule has 0 aromatic heterocycles. The second-order valence-corrected chi connectivity index (χ2v) is 10.0. The van der Waals surface area contributed by atoms with Crippen LogP contribution in [0.5, 0.6) is 0 Å². The van der Waals surface area contributed by atoms with Crippen LogP contribution in [-0.4, -0.2) is 77.3 Å². The van der Waals surface area contributed by atoms with Crippen molar-refractivity contribution < 1.29 is 19.4 Å². The van der Waals surface area contributed by atoms with Crippen LogP contribution in [0.1, 0.15) is 50.2 Å². The fraction of sp³-hybridized carbons (Fsp3) is 0.481. The van der Waals surface area contributed by atoms with E-state index in [1.807, 2.05) is 23.1 Å². The van der Waals surface area contributed by atoms with E-state index in [4.69, 9.17) is 4.74 Å². The molecule has 3 unspecified atom stereocenters. The molecule has 7 nitrogen and oxygen atoms in total. The number of carbonyl (C=O) groups excluding carboxylic acids is 2. The zero-order chi connectivity index (χ0) is 23.2. The standard InChI is InChI=1S/C27H31N3O4/c31-25(24-12-17-3-1-2-4-20(17)13-28-24)14-29-10-9-18-11-19(5-8-23(18)27(29)33)26(32)30-21-6-7-22(30)16-34-15-21/h1-5,8,11,21-22,24-25,28,31H,6-7,9-10,12-16H2/t21?,22?,24-,25?/m0/s1. The molecule has 2 bridgehead atoms. The molecular formula is C27H31N3O4. The van der Waals surface area contributed by atoms with Crippen molar-refractivity contribution in [3.8, 4) is 0 Å². The Labute approximate surface area is 199 Å². The van der Waals surface area contributed by atoms with Crippen molar-refractivity contribution in [3.63, 3.8) is 0 Å². The number of ether oxygens (including phenoxy) is 1. The number of nitrogens with zero attached hydrogens (tertiary/aromatic N) is 2. The molecule has 0 saturated carbocycles. The molecule has 2 amide bonds. The van der Waals surface area contributed by atoms with Crippen LogP contribution in [0.15, 0.2) is 42.5 Å². The Balaban J connectivity index is 1.13. The first-order valence-electron chi connectivity index (χ1n) is 12.4. The highest BCUT2D eigenvalue weighted by atomic mass is 16.5. The van der Waals surface area contributed by atoms with Crippen LogP contribution in [0.2, 0.25) is 0 Å². The fourth-order valence-electron chi connectivity index (χ4n) is 6.06. The summed E-state index contributed by atoms with van der Waals surface area (Å²) >= 11 is 0. The number of aliphatic hydroxyl groups excluding tert-OH is 1. The van der Waals surface area contributed by atoms with Crippen LogP contribution in [0.3, 0.4) is 0 Å². The minimum absolute atomic E-state index is 0.0487. The Hall–Kier alpha value is -2.74. The molecule has 2 aromatic rings. The average molecular weight is 462 g/mol. The van der Waals surface area contributed by atoms with Gasteiger partial charge >= 0.3 is 0 Å². The number of benzene rings is 2. The van der Waals surface area contributed by atoms with Crippen molar-refractivity contribution in [1.82, 2.24) is 15.1 Å². The highest BCUT2D eigenvalue weighted by molar-refractivity contribution is 6.00. The van der Waals surface area contributed by atoms with Gasteiger partial charge in [-0.3, -0.25) is 9.59 Å². The summed E-state index contributed by atoms with van der Waals surface area (Å²) in [4.78, 5) is 30.2. The molecule has 4 aliphatic heterocycles. The number of hydrogen-bond donors (Lipinski definition) is 2. The number of aliphatic hydroxyl groups is 1. The first-order valence-corrected chi connectivity index (χ1v) is 12.4. The van der Waals surface area contributed by atoms with Gasteiger partial charge in [0.2, 0.25) is 0 Å². The highest BCUT2D eigenvalue weighted by Gasteiger charge is 2.41. The summed E-state index contributed by atoms with van der Waals surface area (Å²) < 4.78 is 5.61. The Morgan fingerprint density at radius 1 is 1.09 bits per heavy atom. The second-order valence-electron chi connectivity index (χ2n) is 10.0. The van der Waals surface area contributed by atoms with Gasteiger partial charge in [-0.25, -0.2) is 0 Å². The molecule has 4 aliphatic rings. The fourth-order valence-corrected chi connectivity index (χ4v) is 6.06. The van der Waals surface area contributed by atoms with E-state index in [9.17, 15) is 14.7 Å². The Kier molecular flexibility index (Phi) is 5.63. The van der Waals surface area contributed by atoms with Gasteiger partial charge < -0.3 is 25.0 Å². The molecule has 0 radical (unpaired) electrons. The van der Waals surface area contributed by atoms with E-state index in [2.05, 4.69) is 17.4 Å². The molecule has 2 aromatic carbocycles. The number of carbonyl (C=O) groups is 2. The number of amides is 2. The van der Waals surface area contributed by atoms with Crippen molar-refractivity contribution >= 4 is 11.8 Å². The summed E-state index contributed by atoms with van der Waals surface area (Å²) in [5.41, 5.74) is 4.74. The molecule has 0 spiro atoms. The third-order valence-electron chi connectivity index (χ3n) is 7.98. The van der Waals surface area contributed by atoms with Crippen LogP contribution in [0, 0.1) is 0 Å². The third-order valence-corrected chi connectivity index (χ3v) is 7.98. The maximum atomic E-state index is 13.2. The summed E-state index contributed by atoms with van der Waals surface area (Å²) in [6, 6.07) is 14.0. The number of β-amino-alcohol motifs (C(OH)–C–C–N with tert-alkyl or cyclic N) is 1. The van der Waals surface area contributed by atoms with Gasteiger partial charge in [-0.1, -0.05) is 24.3 Å². The monoisotopic (exact) mass is 461 g/mol. The number of hydrogen-bond acceptors (Lipinski definition) is 5. The van der Waals surface area contributed by atoms with Crippen LogP contribution in [-0.2, 0) is 24.1 Å². The predicted molar refractivity (Wildman–Crippen MR) is 127 cm³/mol. The van der Waals surface area contributed by atoms with Crippen molar-refractivity contribution in [2.75, 3.05) is 26.3 Å². The molecule has 6 rings (SSSR count). The van der Waals surface area contributed by atoms with E-state index in [1.54, 1.807) is 17.0 Å². The normalized spacial score (nSPS) is 26.7. The maximum Gasteiger partial charge on any atom is 0.254 e. The van der Waals surface area contributed by atoms with Crippen molar-refractivity contribution in [3.05, 3.63) is 70.3 Å². The van der Waals surface area contributed by atoms with Crippen LogP contribution < -0.4 is 5.32 Å². The summed E-state index contributed by atoms with van der Waals surface area (Å²) in [6.45, 7) is 2.81. The summed E-state index contributed by atoms with van der Waals surface area (Å²) in [7, 11) is 0. The van der Waals surface area contributed by atoms with Gasteiger partial charge in [-0.15, -0.1) is 0 Å². The lowest BCUT2D eigenvalue weighted by Crippen LogP contribution is -2.51. The zero-order valence-corrected chi connectivity index (χ0v) is 19.3. The first-order chi connectivity index (χ1) is 16.6. The number of rotatable bonds is 4. The van der Waals surface area contributed by atoms with E-state index in [1.165, 1.54) is 11.1 Å². The van der Waals surface area contributed by atoms with Gasteiger partial charge in [0, 0.05) is 36.8 Å². The van der Waals surface area contributed by atoms with Gasteiger partial charge in [-0.2, -0.15) is 0 Å². The minimum atomic E-state index is -0.642. The maximum absolute atomic E-state index is 13.2. The van der Waals surface area contributed by atoms with Gasteiger partial charge in [-0.05, 0) is 60.6 Å². The predicted octanol–water partition coefficient (Wildman–Crippen LogP) is 1.76. The molecular weight excluding hydrogens is 430 g/mol. The lowest BCUT2D eigenvalue weighted by molar-refractivity contribution is -0.00717. The Bertz CT molecular complexity index is 1100. The van der Waals surface area contributed by atoms with Crippen LogP contribution >= 0.6 is 0 Å². The first kappa shape index (κ1) is 21.8. The SMILES string of the molecule is O=C1c2ccc(C(=O)N3C4CCC3COC4)cc2CCN1CC(O)[C@@H]1Cc2ccccc2CN1. The van der Waals surface area contributed by atoms with Crippen LogP contribution in [0.25, 0.3) is 0 Å². The quantitative estimate of drug-likeness (QED) is 0.725. The molecule has 34 heavy (non-hydrogen) atoms. The zero-order valence-electron chi connectivity index (χ0n) is 19.3. The largest absolute Gasteiger partial charge is 0.390 e. The molecule has 7 heteroatoms. The molecule has 4 atom stereocenters. The number of fused-ring (bicyclic) bond motifs is 4. The van der Waals surface area contributed by atoms with Gasteiger partial charge in [0.1, 0.15) is 0 Å². The second kappa shape index (κ2) is 8.80. The molecule has 2 N–H and O–H groups in total. The lowest BCUT2D eigenvalue weighted by atomic mass is 9.92. The topological polar surface area (TPSA) is 82.1 Å². The summed E-state index contributed by atoms with van der Waals surface area (Å²) in [6.07, 6.45) is 2.80. The van der Waals surface area contributed by atoms with Gasteiger partial charge in [0.15, 0.2) is 0 Å². The van der Waals surface area contributed by atoms with Gasteiger partial charge in [0.05, 0.1) is 31.4 Å². The van der Waals surface area contributed by atoms with E-state index >= 15 is 0 Å². The molecule has 2 saturated heterocycles. The van der Waals surface area contributed by atoms with Crippen molar-refractivity contribution in [2.24, 2.45) is 0 Å².